The molecule has 1 saturated heterocycles. The van der Waals surface area contributed by atoms with Crippen molar-refractivity contribution in [2.75, 3.05) is 23.3 Å². The van der Waals surface area contributed by atoms with Gasteiger partial charge in [0.1, 0.15) is 11.2 Å². The number of nitriles is 1. The Balaban J connectivity index is 1.75. The summed E-state index contributed by atoms with van der Waals surface area (Å²) in [6.07, 6.45) is 1.12. The SMILES string of the molecule is Cc1cc([C@@H](C)Nc2ccc(Cl)nc2)c2nc(N3CCC(F)(F)CC3)c(C#N)nc2c1. The highest BCUT2D eigenvalue weighted by atomic mass is 35.5. The van der Waals surface area contributed by atoms with Crippen LogP contribution in [-0.4, -0.2) is 34.0 Å². The standard InChI is InChI=1S/C22H21ClF2N6/c1-13-9-16(14(2)28-15-3-4-19(23)27-12-15)20-17(10-13)29-18(11-26)21(30-20)31-7-5-22(24,25)6-8-31/h3-4,9-10,12,14,28H,5-8H2,1-2H3/t14-/m1/s1. The summed E-state index contributed by atoms with van der Waals surface area (Å²) in [5.74, 6) is -2.32. The molecule has 1 N–H and O–H groups in total. The smallest absolute Gasteiger partial charge is 0.251 e. The van der Waals surface area contributed by atoms with E-state index in [1.807, 2.05) is 32.0 Å². The van der Waals surface area contributed by atoms with E-state index in [9.17, 15) is 14.0 Å². The second-order valence-corrected chi connectivity index (χ2v) is 8.20. The van der Waals surface area contributed by atoms with Gasteiger partial charge in [0.15, 0.2) is 11.5 Å². The van der Waals surface area contributed by atoms with Crippen molar-refractivity contribution in [3.8, 4) is 6.07 Å². The molecule has 1 atom stereocenters. The largest absolute Gasteiger partial charge is 0.377 e. The van der Waals surface area contributed by atoms with Crippen molar-refractivity contribution < 1.29 is 8.78 Å². The Kier molecular flexibility index (Phi) is 5.63. The molecule has 1 fully saturated rings. The third kappa shape index (κ3) is 4.52. The van der Waals surface area contributed by atoms with Crippen molar-refractivity contribution in [3.63, 3.8) is 0 Å². The number of alkyl halides is 2. The van der Waals surface area contributed by atoms with Gasteiger partial charge in [0, 0.05) is 31.5 Å². The lowest BCUT2D eigenvalue weighted by Gasteiger charge is -2.33. The van der Waals surface area contributed by atoms with Crippen molar-refractivity contribution in [3.05, 3.63) is 52.4 Å². The first-order chi connectivity index (χ1) is 14.8. The van der Waals surface area contributed by atoms with Gasteiger partial charge in [0.2, 0.25) is 0 Å². The van der Waals surface area contributed by atoms with Crippen LogP contribution < -0.4 is 10.2 Å². The Morgan fingerprint density at radius 2 is 1.97 bits per heavy atom. The quantitative estimate of drug-likeness (QED) is 0.555. The van der Waals surface area contributed by atoms with Gasteiger partial charge in [-0.05, 0) is 37.6 Å². The molecule has 4 rings (SSSR count). The van der Waals surface area contributed by atoms with E-state index < -0.39 is 5.92 Å². The third-order valence-electron chi connectivity index (χ3n) is 5.40. The minimum atomic E-state index is -2.68. The molecule has 1 aromatic carbocycles. The molecule has 1 aliphatic rings. The Morgan fingerprint density at radius 3 is 2.61 bits per heavy atom. The molecule has 3 aromatic rings. The number of rotatable bonds is 4. The Labute approximate surface area is 183 Å². The zero-order valence-electron chi connectivity index (χ0n) is 17.2. The predicted octanol–water partition coefficient (Wildman–Crippen LogP) is 5.27. The van der Waals surface area contributed by atoms with Gasteiger partial charge in [-0.25, -0.2) is 23.7 Å². The molecule has 31 heavy (non-hydrogen) atoms. The van der Waals surface area contributed by atoms with Crippen LogP contribution in [0.5, 0.6) is 0 Å². The van der Waals surface area contributed by atoms with Crippen LogP contribution in [-0.2, 0) is 0 Å². The van der Waals surface area contributed by atoms with E-state index in [1.54, 1.807) is 17.2 Å². The fourth-order valence-corrected chi connectivity index (χ4v) is 3.90. The lowest BCUT2D eigenvalue weighted by molar-refractivity contribution is -0.0221. The molecule has 0 saturated carbocycles. The summed E-state index contributed by atoms with van der Waals surface area (Å²) in [6, 6.07) is 9.36. The number of nitrogens with zero attached hydrogens (tertiary/aromatic N) is 5. The number of nitrogens with one attached hydrogen (secondary N) is 1. The number of pyridine rings is 1. The molecule has 0 bridgehead atoms. The lowest BCUT2D eigenvalue weighted by Crippen LogP contribution is -2.40. The van der Waals surface area contributed by atoms with Gasteiger partial charge in [-0.1, -0.05) is 17.7 Å². The summed E-state index contributed by atoms with van der Waals surface area (Å²) in [5.41, 5.74) is 4.06. The average Bonchev–Trinajstić information content (AvgIpc) is 2.74. The summed E-state index contributed by atoms with van der Waals surface area (Å²) in [6.45, 7) is 4.21. The number of anilines is 2. The molecule has 160 valence electrons. The van der Waals surface area contributed by atoms with E-state index in [-0.39, 0.29) is 37.7 Å². The molecule has 3 heterocycles. The van der Waals surface area contributed by atoms with E-state index in [0.717, 1.165) is 16.8 Å². The minimum Gasteiger partial charge on any atom is -0.377 e. The summed E-state index contributed by atoms with van der Waals surface area (Å²) in [4.78, 5) is 15.1. The number of benzene rings is 1. The summed E-state index contributed by atoms with van der Waals surface area (Å²) >= 11 is 5.87. The van der Waals surface area contributed by atoms with Gasteiger partial charge >= 0.3 is 0 Å². The zero-order valence-corrected chi connectivity index (χ0v) is 17.9. The van der Waals surface area contributed by atoms with Gasteiger partial charge in [-0.3, -0.25) is 0 Å². The molecule has 6 nitrogen and oxygen atoms in total. The summed E-state index contributed by atoms with van der Waals surface area (Å²) < 4.78 is 27.3. The molecular weight excluding hydrogens is 422 g/mol. The monoisotopic (exact) mass is 442 g/mol. The zero-order chi connectivity index (χ0) is 22.2. The second kappa shape index (κ2) is 8.23. The van der Waals surface area contributed by atoms with E-state index in [0.29, 0.717) is 22.0 Å². The molecule has 0 spiro atoms. The first kappa shape index (κ1) is 21.2. The van der Waals surface area contributed by atoms with Crippen LogP contribution in [0, 0.1) is 18.3 Å². The number of piperidine rings is 1. The van der Waals surface area contributed by atoms with Crippen LogP contribution in [0.25, 0.3) is 11.0 Å². The predicted molar refractivity (Wildman–Crippen MR) is 117 cm³/mol. The van der Waals surface area contributed by atoms with Crippen LogP contribution in [0.15, 0.2) is 30.5 Å². The Hall–Kier alpha value is -3.05. The maximum absolute atomic E-state index is 13.6. The van der Waals surface area contributed by atoms with Crippen molar-refractivity contribution >= 4 is 34.1 Å². The number of fused-ring (bicyclic) bond motifs is 1. The van der Waals surface area contributed by atoms with Crippen LogP contribution in [0.3, 0.4) is 0 Å². The van der Waals surface area contributed by atoms with Gasteiger partial charge < -0.3 is 10.2 Å². The van der Waals surface area contributed by atoms with Crippen molar-refractivity contribution in [1.82, 2.24) is 15.0 Å². The van der Waals surface area contributed by atoms with E-state index in [2.05, 4.69) is 21.4 Å². The molecule has 2 aromatic heterocycles. The highest BCUT2D eigenvalue weighted by Gasteiger charge is 2.35. The number of aromatic nitrogens is 3. The topological polar surface area (TPSA) is 77.7 Å². The number of hydrogen-bond donors (Lipinski definition) is 1. The maximum atomic E-state index is 13.6. The fraction of sp³-hybridized carbons (Fsp3) is 0.364. The molecule has 9 heteroatoms. The van der Waals surface area contributed by atoms with Gasteiger partial charge in [-0.2, -0.15) is 5.26 Å². The molecule has 0 unspecified atom stereocenters. The van der Waals surface area contributed by atoms with E-state index in [4.69, 9.17) is 16.6 Å². The number of aryl methyl sites for hydroxylation is 1. The average molecular weight is 443 g/mol. The second-order valence-electron chi connectivity index (χ2n) is 7.81. The summed E-state index contributed by atoms with van der Waals surface area (Å²) in [7, 11) is 0. The Morgan fingerprint density at radius 1 is 1.23 bits per heavy atom. The highest BCUT2D eigenvalue weighted by Crippen LogP contribution is 2.33. The van der Waals surface area contributed by atoms with Crippen LogP contribution in [0.4, 0.5) is 20.3 Å². The third-order valence-corrected chi connectivity index (χ3v) is 5.63. The highest BCUT2D eigenvalue weighted by molar-refractivity contribution is 6.29. The number of hydrogen-bond acceptors (Lipinski definition) is 6. The van der Waals surface area contributed by atoms with E-state index >= 15 is 0 Å². The van der Waals surface area contributed by atoms with Crippen LogP contribution >= 0.6 is 11.6 Å². The van der Waals surface area contributed by atoms with Crippen LogP contribution in [0.2, 0.25) is 5.15 Å². The first-order valence-electron chi connectivity index (χ1n) is 9.99. The van der Waals surface area contributed by atoms with Crippen molar-refractivity contribution in [2.24, 2.45) is 0 Å². The maximum Gasteiger partial charge on any atom is 0.251 e. The fourth-order valence-electron chi connectivity index (χ4n) is 3.78. The van der Waals surface area contributed by atoms with Crippen molar-refractivity contribution in [2.45, 2.75) is 38.7 Å². The molecular formula is C22H21ClF2N6. The Bertz CT molecular complexity index is 1150. The van der Waals surface area contributed by atoms with Crippen LogP contribution in [0.1, 0.15) is 42.6 Å². The first-order valence-corrected chi connectivity index (χ1v) is 10.4. The summed E-state index contributed by atoms with van der Waals surface area (Å²) in [5, 5.41) is 13.4. The van der Waals surface area contributed by atoms with Gasteiger partial charge in [-0.15, -0.1) is 0 Å². The number of halogens is 3. The molecule has 0 amide bonds. The van der Waals surface area contributed by atoms with Gasteiger partial charge in [0.05, 0.1) is 29.0 Å². The van der Waals surface area contributed by atoms with Crippen molar-refractivity contribution in [1.29, 1.82) is 5.26 Å². The normalized spacial score (nSPS) is 16.7. The molecule has 0 radical (unpaired) electrons. The molecule has 1 aliphatic heterocycles. The van der Waals surface area contributed by atoms with Gasteiger partial charge in [0.25, 0.3) is 5.92 Å². The minimum absolute atomic E-state index is 0.132. The molecule has 0 aliphatic carbocycles. The van der Waals surface area contributed by atoms with E-state index in [1.165, 1.54) is 0 Å². The lowest BCUT2D eigenvalue weighted by atomic mass is 10.0.